The van der Waals surface area contributed by atoms with Gasteiger partial charge in [0.1, 0.15) is 12.7 Å². The zero-order valence-corrected chi connectivity index (χ0v) is 17.5. The summed E-state index contributed by atoms with van der Waals surface area (Å²) in [6.45, 7) is 3.37. The van der Waals surface area contributed by atoms with Crippen molar-refractivity contribution in [3.05, 3.63) is 0 Å². The summed E-state index contributed by atoms with van der Waals surface area (Å²) in [4.78, 5) is 21.6. The van der Waals surface area contributed by atoms with Gasteiger partial charge in [0.2, 0.25) is 0 Å². The number of aliphatic hydroxyl groups excluding tert-OH is 2. The lowest BCUT2D eigenvalue weighted by Crippen LogP contribution is -2.34. The van der Waals surface area contributed by atoms with Gasteiger partial charge in [-0.1, -0.05) is 58.3 Å². The number of unbranched alkanes of at least 4 members (excludes halogenated alkanes) is 8. The van der Waals surface area contributed by atoms with E-state index in [1.54, 1.807) is 0 Å². The van der Waals surface area contributed by atoms with Crippen LogP contribution in [-0.2, 0) is 14.3 Å². The molecule has 0 aromatic carbocycles. The van der Waals surface area contributed by atoms with E-state index in [0.29, 0.717) is 13.0 Å². The minimum Gasteiger partial charge on any atom is -0.481 e. The molecule has 0 bridgehead atoms. The minimum atomic E-state index is -0.952. The number of carboxylic acids is 1. The van der Waals surface area contributed by atoms with Gasteiger partial charge in [-0.05, 0) is 25.8 Å². The van der Waals surface area contributed by atoms with Crippen LogP contribution in [0.1, 0.15) is 84.0 Å². The average Bonchev–Trinajstić information content (AvgIpc) is 2.71. The Balaban J connectivity index is 0.000000668. The highest BCUT2D eigenvalue weighted by atomic mass is 16.5. The fraction of sp³-hybridized carbons (Fsp3) is 0.905. The van der Waals surface area contributed by atoms with Crippen LogP contribution in [0.15, 0.2) is 0 Å². The molecule has 28 heavy (non-hydrogen) atoms. The first-order valence-electron chi connectivity index (χ1n) is 10.9. The molecule has 2 atom stereocenters. The fourth-order valence-electron chi connectivity index (χ4n) is 2.96. The highest BCUT2D eigenvalue weighted by Gasteiger charge is 2.19. The number of carbonyl (C=O) groups excluding carboxylic acids is 1. The largest absolute Gasteiger partial charge is 0.481 e. The van der Waals surface area contributed by atoms with Gasteiger partial charge in [0.15, 0.2) is 0 Å². The van der Waals surface area contributed by atoms with Crippen molar-refractivity contribution in [3.63, 3.8) is 0 Å². The second-order valence-corrected chi connectivity index (χ2v) is 7.48. The summed E-state index contributed by atoms with van der Waals surface area (Å²) in [5.74, 6) is -1.09. The molecule has 1 heterocycles. The Hall–Kier alpha value is -1.18. The maximum atomic E-state index is 11.3. The van der Waals surface area contributed by atoms with Gasteiger partial charge in [-0.25, -0.2) is 0 Å². The number of hydrogen-bond acceptors (Lipinski definition) is 6. The molecular formula is C21H41NO6. The van der Waals surface area contributed by atoms with Gasteiger partial charge in [-0.2, -0.15) is 0 Å². The summed E-state index contributed by atoms with van der Waals surface area (Å²) in [6, 6.07) is 0. The number of esters is 1. The van der Waals surface area contributed by atoms with Crippen LogP contribution in [0.2, 0.25) is 0 Å². The number of nitrogens with one attached hydrogen (secondary N) is 1. The van der Waals surface area contributed by atoms with E-state index in [0.717, 1.165) is 32.2 Å². The number of piperidine rings is 1. The van der Waals surface area contributed by atoms with E-state index in [2.05, 4.69) is 12.2 Å². The van der Waals surface area contributed by atoms with Crippen molar-refractivity contribution in [2.24, 2.45) is 5.92 Å². The van der Waals surface area contributed by atoms with Crippen LogP contribution in [0.4, 0.5) is 0 Å². The van der Waals surface area contributed by atoms with Crippen LogP contribution in [0.25, 0.3) is 0 Å². The molecule has 166 valence electrons. The van der Waals surface area contributed by atoms with Crippen LogP contribution < -0.4 is 5.32 Å². The Morgan fingerprint density at radius 1 is 1.07 bits per heavy atom. The van der Waals surface area contributed by atoms with Gasteiger partial charge < -0.3 is 25.4 Å². The smallest absolute Gasteiger partial charge is 0.307 e. The first-order chi connectivity index (χ1) is 13.5. The Kier molecular flexibility index (Phi) is 18.3. The number of rotatable bonds is 14. The van der Waals surface area contributed by atoms with Gasteiger partial charge in [0, 0.05) is 13.0 Å². The van der Waals surface area contributed by atoms with Crippen molar-refractivity contribution < 1.29 is 29.6 Å². The van der Waals surface area contributed by atoms with Gasteiger partial charge in [-0.15, -0.1) is 0 Å². The molecule has 0 aromatic heterocycles. The first kappa shape index (κ1) is 26.8. The molecule has 7 heteroatoms. The standard InChI is InChI=1S/C15H30O4.C6H11NO2/c1-2-3-4-5-6-7-8-9-10-11-15(18)19-13-14(17)12-16;8-6(9)5-2-1-3-7-4-5/h14,16-17H,2-13H2,1H3;5,7H,1-4H2,(H,8,9). The Labute approximate surface area is 169 Å². The molecule has 1 fully saturated rings. The van der Waals surface area contributed by atoms with Crippen molar-refractivity contribution in [3.8, 4) is 0 Å². The lowest BCUT2D eigenvalue weighted by Gasteiger charge is -2.18. The molecule has 1 rings (SSSR count). The summed E-state index contributed by atoms with van der Waals surface area (Å²) in [5.41, 5.74) is 0. The third-order valence-electron chi connectivity index (χ3n) is 4.78. The zero-order chi connectivity index (χ0) is 21.0. The highest BCUT2D eigenvalue weighted by molar-refractivity contribution is 5.70. The predicted octanol–water partition coefficient (Wildman–Crippen LogP) is 2.87. The van der Waals surface area contributed by atoms with Crippen molar-refractivity contribution in [1.29, 1.82) is 0 Å². The second kappa shape index (κ2) is 19.2. The number of carboxylic acid groups (broad SMARTS) is 1. The molecule has 2 unspecified atom stereocenters. The fourth-order valence-corrected chi connectivity index (χ4v) is 2.96. The van der Waals surface area contributed by atoms with Crippen molar-refractivity contribution in [1.82, 2.24) is 5.32 Å². The average molecular weight is 404 g/mol. The summed E-state index contributed by atoms with van der Waals surface area (Å²) in [5, 5.41) is 29.1. The van der Waals surface area contributed by atoms with Gasteiger partial charge in [0.25, 0.3) is 0 Å². The maximum absolute atomic E-state index is 11.3. The summed E-state index contributed by atoms with van der Waals surface area (Å²) >= 11 is 0. The Morgan fingerprint density at radius 2 is 1.68 bits per heavy atom. The monoisotopic (exact) mass is 403 g/mol. The maximum Gasteiger partial charge on any atom is 0.307 e. The van der Waals surface area contributed by atoms with Crippen LogP contribution in [0.5, 0.6) is 0 Å². The normalized spacial score (nSPS) is 17.3. The second-order valence-electron chi connectivity index (χ2n) is 7.48. The van der Waals surface area contributed by atoms with Crippen molar-refractivity contribution >= 4 is 11.9 Å². The van der Waals surface area contributed by atoms with Crippen molar-refractivity contribution in [2.75, 3.05) is 26.3 Å². The molecule has 1 saturated heterocycles. The number of ether oxygens (including phenoxy) is 1. The van der Waals surface area contributed by atoms with E-state index < -0.39 is 12.1 Å². The van der Waals surface area contributed by atoms with E-state index in [4.69, 9.17) is 20.1 Å². The minimum absolute atomic E-state index is 0.104. The molecule has 7 nitrogen and oxygen atoms in total. The van der Waals surface area contributed by atoms with E-state index in [1.807, 2.05) is 0 Å². The Morgan fingerprint density at radius 3 is 2.14 bits per heavy atom. The topological polar surface area (TPSA) is 116 Å². The summed E-state index contributed by atoms with van der Waals surface area (Å²) in [6.07, 6.45) is 12.2. The molecule has 0 aromatic rings. The third-order valence-corrected chi connectivity index (χ3v) is 4.78. The summed E-state index contributed by atoms with van der Waals surface area (Å²) < 4.78 is 4.82. The van der Waals surface area contributed by atoms with Crippen LogP contribution in [0.3, 0.4) is 0 Å². The van der Waals surface area contributed by atoms with Crippen LogP contribution in [0, 0.1) is 5.92 Å². The van der Waals surface area contributed by atoms with E-state index in [9.17, 15) is 9.59 Å². The van der Waals surface area contributed by atoms with Gasteiger partial charge in [-0.3, -0.25) is 9.59 Å². The molecule has 1 aliphatic rings. The SMILES string of the molecule is CCCCCCCCCCCC(=O)OCC(O)CO.O=C(O)C1CCCNC1. The first-order valence-corrected chi connectivity index (χ1v) is 10.9. The van der Waals surface area contributed by atoms with Gasteiger partial charge >= 0.3 is 11.9 Å². The number of aliphatic hydroxyl groups is 2. The quantitative estimate of drug-likeness (QED) is 0.260. The number of carbonyl (C=O) groups is 2. The number of aliphatic carboxylic acids is 1. The molecule has 1 aliphatic heterocycles. The zero-order valence-electron chi connectivity index (χ0n) is 17.5. The van der Waals surface area contributed by atoms with E-state index in [-0.39, 0.29) is 25.1 Å². The third kappa shape index (κ3) is 17.0. The number of hydrogen-bond donors (Lipinski definition) is 4. The molecular weight excluding hydrogens is 362 g/mol. The van der Waals surface area contributed by atoms with Gasteiger partial charge in [0.05, 0.1) is 12.5 Å². The molecule has 0 saturated carbocycles. The molecule has 0 aliphatic carbocycles. The van der Waals surface area contributed by atoms with Crippen LogP contribution >= 0.6 is 0 Å². The lowest BCUT2D eigenvalue weighted by atomic mass is 10.0. The molecule has 4 N–H and O–H groups in total. The van der Waals surface area contributed by atoms with Crippen molar-refractivity contribution in [2.45, 2.75) is 90.1 Å². The molecule has 0 radical (unpaired) electrons. The van der Waals surface area contributed by atoms with E-state index >= 15 is 0 Å². The predicted molar refractivity (Wildman–Crippen MR) is 109 cm³/mol. The molecule has 0 amide bonds. The highest BCUT2D eigenvalue weighted by Crippen LogP contribution is 2.11. The van der Waals surface area contributed by atoms with Crippen LogP contribution in [-0.4, -0.2) is 59.7 Å². The Bertz CT molecular complexity index is 385. The summed E-state index contributed by atoms with van der Waals surface area (Å²) in [7, 11) is 0. The van der Waals surface area contributed by atoms with E-state index in [1.165, 1.54) is 44.9 Å². The molecule has 0 spiro atoms. The lowest BCUT2D eigenvalue weighted by molar-refractivity contribution is -0.147.